The van der Waals surface area contributed by atoms with Crippen molar-refractivity contribution in [3.8, 4) is 0 Å². The van der Waals surface area contributed by atoms with Gasteiger partial charge in [-0.05, 0) is 17.0 Å². The van der Waals surface area contributed by atoms with Crippen LogP contribution in [0.15, 0.2) is 30.5 Å². The Balaban J connectivity index is 2.79. The summed E-state index contributed by atoms with van der Waals surface area (Å²) in [5.74, 6) is 5.50. The summed E-state index contributed by atoms with van der Waals surface area (Å²) < 4.78 is 0. The first-order valence-electron chi connectivity index (χ1n) is 5.39. The molecule has 84 valence electrons. The summed E-state index contributed by atoms with van der Waals surface area (Å²) in [5.41, 5.74) is 5.96. The van der Waals surface area contributed by atoms with E-state index in [2.05, 4.69) is 37.2 Å². The Bertz CT molecular complexity index is 512. The van der Waals surface area contributed by atoms with Crippen molar-refractivity contribution < 1.29 is 0 Å². The van der Waals surface area contributed by atoms with Crippen LogP contribution >= 0.6 is 0 Å². The Morgan fingerprint density at radius 2 is 1.94 bits per heavy atom. The average molecular weight is 215 g/mol. The molecule has 0 radical (unpaired) electrons. The molecule has 16 heavy (non-hydrogen) atoms. The lowest BCUT2D eigenvalue weighted by atomic mass is 9.85. The average Bonchev–Trinajstić information content (AvgIpc) is 2.26. The molecule has 0 aliphatic carbocycles. The Hall–Kier alpha value is -1.61. The summed E-state index contributed by atoms with van der Waals surface area (Å²) in [5, 5.41) is 1.07. The normalized spacial score (nSPS) is 11.8. The van der Waals surface area contributed by atoms with Crippen molar-refractivity contribution in [1.29, 1.82) is 0 Å². The molecule has 0 unspecified atom stereocenters. The van der Waals surface area contributed by atoms with Crippen LogP contribution in [0, 0.1) is 0 Å². The molecule has 3 nitrogen and oxygen atoms in total. The highest BCUT2D eigenvalue weighted by Crippen LogP contribution is 2.31. The molecule has 3 heteroatoms. The van der Waals surface area contributed by atoms with E-state index in [0.717, 1.165) is 16.6 Å². The van der Waals surface area contributed by atoms with Gasteiger partial charge in [0.2, 0.25) is 0 Å². The van der Waals surface area contributed by atoms with Gasteiger partial charge in [0.25, 0.3) is 0 Å². The molecule has 0 fully saturated rings. The van der Waals surface area contributed by atoms with Gasteiger partial charge in [-0.3, -0.25) is 10.8 Å². The smallest absolute Gasteiger partial charge is 0.0760 e. The quantitative estimate of drug-likeness (QED) is 0.568. The van der Waals surface area contributed by atoms with Gasteiger partial charge in [-0.2, -0.15) is 0 Å². The van der Waals surface area contributed by atoms with Crippen LogP contribution in [0.25, 0.3) is 10.9 Å². The van der Waals surface area contributed by atoms with Crippen LogP contribution in [-0.2, 0) is 5.41 Å². The highest BCUT2D eigenvalue weighted by atomic mass is 15.2. The lowest BCUT2D eigenvalue weighted by molar-refractivity contribution is 0.594. The maximum absolute atomic E-state index is 5.50. The topological polar surface area (TPSA) is 50.9 Å². The number of nitrogens with one attached hydrogen (secondary N) is 1. The first-order chi connectivity index (χ1) is 7.54. The van der Waals surface area contributed by atoms with Crippen LogP contribution in [0.2, 0.25) is 0 Å². The van der Waals surface area contributed by atoms with E-state index in [4.69, 9.17) is 5.84 Å². The second kappa shape index (κ2) is 3.76. The fraction of sp³-hybridized carbons (Fsp3) is 0.308. The van der Waals surface area contributed by atoms with E-state index in [0.29, 0.717) is 0 Å². The first kappa shape index (κ1) is 10.9. The minimum absolute atomic E-state index is 0.0831. The lowest BCUT2D eigenvalue weighted by Crippen LogP contribution is -2.13. The largest absolute Gasteiger partial charge is 0.323 e. The standard InChI is InChI=1S/C13H17N3/c1-13(2,3)10-6-4-5-9-11(16-14)7-8-15-12(9)10/h4-8H,14H2,1-3H3,(H,15,16). The zero-order valence-corrected chi connectivity index (χ0v) is 9.91. The van der Waals surface area contributed by atoms with E-state index in [1.807, 2.05) is 18.2 Å². The molecule has 1 aromatic heterocycles. The highest BCUT2D eigenvalue weighted by Gasteiger charge is 2.17. The molecular formula is C13H17N3. The van der Waals surface area contributed by atoms with Crippen LogP contribution in [0.3, 0.4) is 0 Å². The van der Waals surface area contributed by atoms with Crippen LogP contribution in [0.5, 0.6) is 0 Å². The Kier molecular flexibility index (Phi) is 2.56. The Morgan fingerprint density at radius 3 is 2.56 bits per heavy atom. The second-order valence-electron chi connectivity index (χ2n) is 4.95. The lowest BCUT2D eigenvalue weighted by Gasteiger charge is -2.21. The third kappa shape index (κ3) is 1.74. The van der Waals surface area contributed by atoms with E-state index >= 15 is 0 Å². The van der Waals surface area contributed by atoms with E-state index in [1.54, 1.807) is 6.20 Å². The van der Waals surface area contributed by atoms with Crippen molar-refractivity contribution in [3.05, 3.63) is 36.0 Å². The summed E-state index contributed by atoms with van der Waals surface area (Å²) in [6, 6.07) is 8.09. The van der Waals surface area contributed by atoms with Crippen LogP contribution in [-0.4, -0.2) is 4.98 Å². The number of hydrogen-bond donors (Lipinski definition) is 2. The molecule has 1 heterocycles. The van der Waals surface area contributed by atoms with Gasteiger partial charge in [-0.15, -0.1) is 0 Å². The van der Waals surface area contributed by atoms with Gasteiger partial charge < -0.3 is 5.43 Å². The monoisotopic (exact) mass is 215 g/mol. The summed E-state index contributed by atoms with van der Waals surface area (Å²) >= 11 is 0. The van der Waals surface area contributed by atoms with Gasteiger partial charge in [0.1, 0.15) is 0 Å². The summed E-state index contributed by atoms with van der Waals surface area (Å²) in [4.78, 5) is 4.46. The summed E-state index contributed by atoms with van der Waals surface area (Å²) in [6.07, 6.45) is 1.78. The van der Waals surface area contributed by atoms with Crippen molar-refractivity contribution >= 4 is 16.6 Å². The van der Waals surface area contributed by atoms with Gasteiger partial charge in [-0.25, -0.2) is 0 Å². The third-order valence-corrected chi connectivity index (χ3v) is 2.73. The van der Waals surface area contributed by atoms with Gasteiger partial charge in [0.15, 0.2) is 0 Å². The number of fused-ring (bicyclic) bond motifs is 1. The van der Waals surface area contributed by atoms with E-state index in [-0.39, 0.29) is 5.41 Å². The minimum atomic E-state index is 0.0831. The molecule has 1 aromatic carbocycles. The fourth-order valence-corrected chi connectivity index (χ4v) is 1.91. The molecule has 2 rings (SSSR count). The van der Waals surface area contributed by atoms with Gasteiger partial charge in [0.05, 0.1) is 11.2 Å². The van der Waals surface area contributed by atoms with Crippen LogP contribution < -0.4 is 11.3 Å². The number of para-hydroxylation sites is 1. The maximum Gasteiger partial charge on any atom is 0.0760 e. The molecule has 0 spiro atoms. The number of aromatic nitrogens is 1. The zero-order valence-electron chi connectivity index (χ0n) is 9.91. The summed E-state index contributed by atoms with van der Waals surface area (Å²) in [7, 11) is 0. The van der Waals surface area contributed by atoms with Crippen LogP contribution in [0.1, 0.15) is 26.3 Å². The highest BCUT2D eigenvalue weighted by molar-refractivity contribution is 5.93. The number of pyridine rings is 1. The number of nitrogens with two attached hydrogens (primary N) is 1. The molecule has 0 aliphatic rings. The molecule has 0 saturated heterocycles. The SMILES string of the molecule is CC(C)(C)c1cccc2c(NN)ccnc12. The second-order valence-corrected chi connectivity index (χ2v) is 4.95. The predicted octanol–water partition coefficient (Wildman–Crippen LogP) is 2.82. The molecule has 3 N–H and O–H groups in total. The predicted molar refractivity (Wildman–Crippen MR) is 68.3 cm³/mol. The minimum Gasteiger partial charge on any atom is -0.323 e. The zero-order chi connectivity index (χ0) is 11.8. The molecule has 0 aliphatic heterocycles. The number of nitrogens with zero attached hydrogens (tertiary/aromatic N) is 1. The number of hydrazine groups is 1. The number of rotatable bonds is 1. The summed E-state index contributed by atoms with van der Waals surface area (Å²) in [6.45, 7) is 6.56. The first-order valence-corrected chi connectivity index (χ1v) is 5.39. The Labute approximate surface area is 95.7 Å². The van der Waals surface area contributed by atoms with E-state index < -0.39 is 0 Å². The van der Waals surface area contributed by atoms with Crippen molar-refractivity contribution in [1.82, 2.24) is 4.98 Å². The van der Waals surface area contributed by atoms with E-state index in [1.165, 1.54) is 5.56 Å². The fourth-order valence-electron chi connectivity index (χ4n) is 1.91. The molecule has 0 amide bonds. The molecule has 0 atom stereocenters. The number of hydrogen-bond acceptors (Lipinski definition) is 3. The van der Waals surface area contributed by atoms with Crippen molar-refractivity contribution in [2.24, 2.45) is 5.84 Å². The van der Waals surface area contributed by atoms with Crippen LogP contribution in [0.4, 0.5) is 5.69 Å². The Morgan fingerprint density at radius 1 is 1.19 bits per heavy atom. The van der Waals surface area contributed by atoms with Crippen molar-refractivity contribution in [3.63, 3.8) is 0 Å². The molecule has 0 saturated carbocycles. The molecular weight excluding hydrogens is 198 g/mol. The van der Waals surface area contributed by atoms with Gasteiger partial charge in [-0.1, -0.05) is 39.0 Å². The number of anilines is 1. The third-order valence-electron chi connectivity index (χ3n) is 2.73. The molecule has 0 bridgehead atoms. The van der Waals surface area contributed by atoms with E-state index in [9.17, 15) is 0 Å². The number of benzene rings is 1. The van der Waals surface area contributed by atoms with Crippen molar-refractivity contribution in [2.75, 3.05) is 5.43 Å². The van der Waals surface area contributed by atoms with Gasteiger partial charge >= 0.3 is 0 Å². The maximum atomic E-state index is 5.50. The molecule has 2 aromatic rings. The number of nitrogen functional groups attached to an aromatic ring is 1. The van der Waals surface area contributed by atoms with Gasteiger partial charge in [0, 0.05) is 11.6 Å². The van der Waals surface area contributed by atoms with Crippen molar-refractivity contribution in [2.45, 2.75) is 26.2 Å².